The fraction of sp³-hybridized carbons (Fsp3) is 0.111. The van der Waals surface area contributed by atoms with Crippen molar-refractivity contribution < 1.29 is 4.12 Å². The molecule has 0 spiro atoms. The molecule has 0 amide bonds. The zero-order chi connectivity index (χ0) is 15.3. The first-order valence-corrected chi connectivity index (χ1v) is 11.4. The number of hydrogen-bond acceptors (Lipinski definition) is 1. The summed E-state index contributed by atoms with van der Waals surface area (Å²) in [5.74, 6) is 0. The quantitative estimate of drug-likeness (QED) is 0.743. The average Bonchev–Trinajstić information content (AvgIpc) is 2.55. The Kier molecular flexibility index (Phi) is 5.12. The Labute approximate surface area is 130 Å². The lowest BCUT2D eigenvalue weighted by molar-refractivity contribution is 0.602. The van der Waals surface area contributed by atoms with Crippen LogP contribution in [0.15, 0.2) is 73.5 Å². The lowest BCUT2D eigenvalue weighted by Gasteiger charge is -2.28. The van der Waals surface area contributed by atoms with E-state index in [4.69, 9.17) is 4.12 Å². The summed E-state index contributed by atoms with van der Waals surface area (Å²) in [6.07, 6.45) is 1.87. The van der Waals surface area contributed by atoms with E-state index < -0.39 is 17.4 Å². The lowest BCUT2D eigenvalue weighted by atomic mass is 10.2. The van der Waals surface area contributed by atoms with Crippen LogP contribution >= 0.6 is 0 Å². The van der Waals surface area contributed by atoms with Crippen LogP contribution < -0.4 is 10.4 Å². The number of benzene rings is 2. The maximum Gasteiger partial charge on any atom is 0.234 e. The Balaban J connectivity index is 2.25. The Morgan fingerprint density at radius 3 is 2.38 bits per heavy atom. The SMILES string of the molecule is C=Cc1cccc([Si](C)O[Si](C)(C=C)c2ccccc2)c1. The third-order valence-electron chi connectivity index (χ3n) is 3.63. The second-order valence-electron chi connectivity index (χ2n) is 5.17. The molecule has 2 rings (SSSR count). The molecule has 0 heterocycles. The van der Waals surface area contributed by atoms with E-state index in [1.807, 2.05) is 17.8 Å². The molecule has 0 aliphatic heterocycles. The van der Waals surface area contributed by atoms with Crippen LogP contribution in [0.5, 0.6) is 0 Å². The van der Waals surface area contributed by atoms with E-state index in [0.717, 1.165) is 5.56 Å². The van der Waals surface area contributed by atoms with E-state index in [2.05, 4.69) is 74.8 Å². The fourth-order valence-corrected chi connectivity index (χ4v) is 7.86. The Morgan fingerprint density at radius 2 is 1.76 bits per heavy atom. The summed E-state index contributed by atoms with van der Waals surface area (Å²) in [5, 5.41) is 2.54. The molecule has 2 aromatic carbocycles. The normalized spacial score (nSPS) is 13.7. The summed E-state index contributed by atoms with van der Waals surface area (Å²) < 4.78 is 6.55. The Bertz CT molecular complexity index is 624. The summed E-state index contributed by atoms with van der Waals surface area (Å²) in [6.45, 7) is 12.3. The van der Waals surface area contributed by atoms with Crippen LogP contribution in [0.3, 0.4) is 0 Å². The van der Waals surface area contributed by atoms with Gasteiger partial charge in [0.05, 0.1) is 0 Å². The van der Waals surface area contributed by atoms with Crippen molar-refractivity contribution in [2.75, 3.05) is 0 Å². The predicted molar refractivity (Wildman–Crippen MR) is 96.8 cm³/mol. The maximum absolute atomic E-state index is 6.55. The maximum atomic E-state index is 6.55. The van der Waals surface area contributed by atoms with Gasteiger partial charge in [0.15, 0.2) is 0 Å². The van der Waals surface area contributed by atoms with Gasteiger partial charge in [0.2, 0.25) is 17.4 Å². The highest BCUT2D eigenvalue weighted by atomic mass is 28.4. The van der Waals surface area contributed by atoms with Crippen molar-refractivity contribution in [3.05, 3.63) is 79.0 Å². The molecule has 1 radical (unpaired) electrons. The average molecular weight is 310 g/mol. The van der Waals surface area contributed by atoms with Gasteiger partial charge in [-0.05, 0) is 29.0 Å². The monoisotopic (exact) mass is 309 g/mol. The fourth-order valence-electron chi connectivity index (χ4n) is 2.25. The lowest BCUT2D eigenvalue weighted by Crippen LogP contribution is -2.52. The van der Waals surface area contributed by atoms with Crippen LogP contribution in [0.4, 0.5) is 0 Å². The van der Waals surface area contributed by atoms with Gasteiger partial charge >= 0.3 is 0 Å². The highest BCUT2D eigenvalue weighted by Gasteiger charge is 2.30. The minimum atomic E-state index is -2.09. The molecule has 0 aliphatic rings. The smallest absolute Gasteiger partial charge is 0.234 e. The van der Waals surface area contributed by atoms with Crippen molar-refractivity contribution in [3.63, 3.8) is 0 Å². The molecule has 1 atom stereocenters. The molecule has 1 unspecified atom stereocenters. The summed E-state index contributed by atoms with van der Waals surface area (Å²) in [7, 11) is -3.16. The summed E-state index contributed by atoms with van der Waals surface area (Å²) in [4.78, 5) is 0. The van der Waals surface area contributed by atoms with E-state index in [1.165, 1.54) is 10.4 Å². The molecule has 0 aromatic heterocycles. The van der Waals surface area contributed by atoms with Gasteiger partial charge in [-0.2, -0.15) is 0 Å². The highest BCUT2D eigenvalue weighted by Crippen LogP contribution is 2.10. The molecule has 107 valence electrons. The van der Waals surface area contributed by atoms with Gasteiger partial charge in [-0.15, -0.1) is 6.58 Å². The second kappa shape index (κ2) is 6.85. The zero-order valence-corrected chi connectivity index (χ0v) is 14.7. The third kappa shape index (κ3) is 3.70. The first-order chi connectivity index (χ1) is 10.1. The van der Waals surface area contributed by atoms with Crippen molar-refractivity contribution in [2.24, 2.45) is 0 Å². The molecule has 0 aliphatic carbocycles. The van der Waals surface area contributed by atoms with Gasteiger partial charge < -0.3 is 4.12 Å². The van der Waals surface area contributed by atoms with Crippen LogP contribution in [0.2, 0.25) is 13.1 Å². The Morgan fingerprint density at radius 1 is 1.05 bits per heavy atom. The number of rotatable bonds is 6. The molecular formula is C18H21OSi2. The van der Waals surface area contributed by atoms with Gasteiger partial charge in [-0.25, -0.2) is 0 Å². The summed E-state index contributed by atoms with van der Waals surface area (Å²) >= 11 is 0. The largest absolute Gasteiger partial charge is 0.446 e. The zero-order valence-electron chi connectivity index (χ0n) is 12.7. The first-order valence-electron chi connectivity index (χ1n) is 7.03. The minimum absolute atomic E-state index is 1.07. The van der Waals surface area contributed by atoms with Gasteiger partial charge in [-0.3, -0.25) is 0 Å². The standard InChI is InChI=1S/C18H21OSi2/c1-5-16-11-10-12-17(15-16)20(3)19-21(4,6-2)18-13-8-7-9-14-18/h5-15H,1-2H2,3-4H3. The van der Waals surface area contributed by atoms with Crippen molar-refractivity contribution in [1.82, 2.24) is 0 Å². The molecule has 0 saturated heterocycles. The van der Waals surface area contributed by atoms with Crippen LogP contribution in [-0.2, 0) is 4.12 Å². The van der Waals surface area contributed by atoms with Crippen LogP contribution in [0.1, 0.15) is 5.56 Å². The second-order valence-corrected chi connectivity index (χ2v) is 10.9. The number of hydrogen-bond donors (Lipinski definition) is 0. The van der Waals surface area contributed by atoms with Gasteiger partial charge in [-0.1, -0.05) is 73.0 Å². The van der Waals surface area contributed by atoms with E-state index >= 15 is 0 Å². The topological polar surface area (TPSA) is 9.23 Å². The molecule has 0 N–H and O–H groups in total. The highest BCUT2D eigenvalue weighted by molar-refractivity contribution is 6.94. The summed E-state index contributed by atoms with van der Waals surface area (Å²) in [6, 6.07) is 18.9. The molecule has 1 nitrogen and oxygen atoms in total. The van der Waals surface area contributed by atoms with E-state index in [0.29, 0.717) is 0 Å². The molecule has 3 heteroatoms. The van der Waals surface area contributed by atoms with Crippen molar-refractivity contribution in [3.8, 4) is 0 Å². The molecule has 0 saturated carbocycles. The predicted octanol–water partition coefficient (Wildman–Crippen LogP) is 3.38. The van der Waals surface area contributed by atoms with Crippen molar-refractivity contribution in [2.45, 2.75) is 13.1 Å². The van der Waals surface area contributed by atoms with Crippen LogP contribution in [0, 0.1) is 0 Å². The molecule has 0 bridgehead atoms. The van der Waals surface area contributed by atoms with Gasteiger partial charge in [0.25, 0.3) is 0 Å². The minimum Gasteiger partial charge on any atom is -0.446 e. The molecule has 2 aromatic rings. The van der Waals surface area contributed by atoms with Crippen molar-refractivity contribution >= 4 is 33.8 Å². The van der Waals surface area contributed by atoms with Gasteiger partial charge in [0, 0.05) is 0 Å². The third-order valence-corrected chi connectivity index (χ3v) is 9.93. The molecule has 21 heavy (non-hydrogen) atoms. The summed E-state index contributed by atoms with van der Waals surface area (Å²) in [5.41, 5.74) is 3.16. The van der Waals surface area contributed by atoms with E-state index in [9.17, 15) is 0 Å². The Hall–Kier alpha value is -1.69. The first kappa shape index (κ1) is 15.7. The van der Waals surface area contributed by atoms with Gasteiger partial charge in [0.1, 0.15) is 0 Å². The van der Waals surface area contributed by atoms with Crippen molar-refractivity contribution in [1.29, 1.82) is 0 Å². The van der Waals surface area contributed by atoms with E-state index in [-0.39, 0.29) is 0 Å². The molecule has 0 fully saturated rings. The van der Waals surface area contributed by atoms with Crippen LogP contribution in [0.25, 0.3) is 6.08 Å². The molecular weight excluding hydrogens is 288 g/mol. The van der Waals surface area contributed by atoms with Crippen LogP contribution in [-0.4, -0.2) is 17.4 Å². The van der Waals surface area contributed by atoms with E-state index in [1.54, 1.807) is 0 Å².